The van der Waals surface area contributed by atoms with E-state index in [4.69, 9.17) is 21.1 Å². The molecule has 0 amide bonds. The molecule has 2 aromatic rings. The molecule has 0 saturated heterocycles. The molecule has 0 atom stereocenters. The topological polar surface area (TPSA) is 57.1 Å². The van der Waals surface area contributed by atoms with Crippen LogP contribution in [0.5, 0.6) is 11.5 Å². The number of hydrogen-bond donors (Lipinski definition) is 0. The van der Waals surface area contributed by atoms with Gasteiger partial charge in [0.05, 0.1) is 22.9 Å². The van der Waals surface area contributed by atoms with Crippen molar-refractivity contribution in [3.63, 3.8) is 0 Å². The van der Waals surface area contributed by atoms with Gasteiger partial charge in [-0.25, -0.2) is 9.18 Å². The number of carbonyl (C=O) groups excluding carboxylic acids is 1. The Balaban J connectivity index is 1.88. The van der Waals surface area contributed by atoms with E-state index in [0.29, 0.717) is 40.0 Å². The molecule has 5 nitrogen and oxygen atoms in total. The molecule has 7 heteroatoms. The van der Waals surface area contributed by atoms with Crippen molar-refractivity contribution in [2.45, 2.75) is 20.5 Å². The Labute approximate surface area is 161 Å². The Morgan fingerprint density at radius 2 is 1.96 bits per heavy atom. The summed E-state index contributed by atoms with van der Waals surface area (Å²) < 4.78 is 24.5. The number of ether oxygens (including phenoxy) is 2. The van der Waals surface area contributed by atoms with Gasteiger partial charge in [0, 0.05) is 0 Å². The molecule has 1 aliphatic heterocycles. The van der Waals surface area contributed by atoms with Crippen molar-refractivity contribution in [2.24, 2.45) is 5.16 Å². The molecule has 0 aliphatic carbocycles. The van der Waals surface area contributed by atoms with Crippen LogP contribution >= 0.6 is 11.6 Å². The molecule has 1 aliphatic rings. The predicted molar refractivity (Wildman–Crippen MR) is 101 cm³/mol. The summed E-state index contributed by atoms with van der Waals surface area (Å²) in [7, 11) is 0. The van der Waals surface area contributed by atoms with E-state index < -0.39 is 5.97 Å². The summed E-state index contributed by atoms with van der Waals surface area (Å²) in [5.41, 5.74) is 2.29. The van der Waals surface area contributed by atoms with Crippen LogP contribution in [0, 0.1) is 5.82 Å². The molecule has 0 unspecified atom stereocenters. The first-order valence-electron chi connectivity index (χ1n) is 8.29. The first-order valence-corrected chi connectivity index (χ1v) is 8.67. The molecule has 0 aromatic heterocycles. The van der Waals surface area contributed by atoms with Crippen molar-refractivity contribution < 1.29 is 23.5 Å². The molecule has 3 rings (SSSR count). The maximum Gasteiger partial charge on any atom is 0.367 e. The monoisotopic (exact) mass is 389 g/mol. The van der Waals surface area contributed by atoms with Gasteiger partial charge in [-0.05, 0) is 55.3 Å². The minimum absolute atomic E-state index is 0.207. The highest BCUT2D eigenvalue weighted by atomic mass is 35.5. The first kappa shape index (κ1) is 18.9. The average molecular weight is 390 g/mol. The Bertz CT molecular complexity index is 922. The molecule has 0 saturated carbocycles. The number of carbonyl (C=O) groups is 1. The van der Waals surface area contributed by atoms with Crippen molar-refractivity contribution in [1.82, 2.24) is 0 Å². The largest absolute Gasteiger partial charge is 0.490 e. The van der Waals surface area contributed by atoms with E-state index >= 15 is 0 Å². The van der Waals surface area contributed by atoms with Crippen LogP contribution in [0.2, 0.25) is 5.02 Å². The van der Waals surface area contributed by atoms with Crippen LogP contribution < -0.4 is 9.47 Å². The molecule has 0 bridgehead atoms. The molecule has 2 aromatic carbocycles. The summed E-state index contributed by atoms with van der Waals surface area (Å²) in [5.74, 6) is -0.00374. The summed E-state index contributed by atoms with van der Waals surface area (Å²) in [6.07, 6.45) is 1.63. The third-order valence-corrected chi connectivity index (χ3v) is 4.10. The van der Waals surface area contributed by atoms with Crippen LogP contribution in [0.1, 0.15) is 25.0 Å². The lowest BCUT2D eigenvalue weighted by molar-refractivity contribution is -0.136. The van der Waals surface area contributed by atoms with Gasteiger partial charge in [0.2, 0.25) is 0 Å². The number of oxime groups is 1. The highest BCUT2D eigenvalue weighted by molar-refractivity contribution is 6.32. The third kappa shape index (κ3) is 4.46. The predicted octanol–water partition coefficient (Wildman–Crippen LogP) is 4.77. The van der Waals surface area contributed by atoms with Gasteiger partial charge >= 0.3 is 5.97 Å². The molecule has 0 radical (unpaired) electrons. The van der Waals surface area contributed by atoms with Crippen LogP contribution in [0.15, 0.2) is 47.1 Å². The fourth-order valence-electron chi connectivity index (χ4n) is 2.50. The summed E-state index contributed by atoms with van der Waals surface area (Å²) in [6, 6.07) is 9.39. The van der Waals surface area contributed by atoms with E-state index in [0.717, 1.165) is 5.56 Å². The Kier molecular flexibility index (Phi) is 5.76. The fraction of sp³-hybridized carbons (Fsp3) is 0.200. The zero-order valence-electron chi connectivity index (χ0n) is 14.8. The summed E-state index contributed by atoms with van der Waals surface area (Å²) in [4.78, 5) is 16.4. The van der Waals surface area contributed by atoms with Gasteiger partial charge in [-0.15, -0.1) is 0 Å². The standard InChI is InChI=1S/C20H17ClFNO4/c1-3-25-18-10-14(8-16-12(2)23-27-20(16)24)9-17(21)19(18)26-11-13-4-6-15(22)7-5-13/h4-10H,3,11H2,1-2H3/b16-8-. The van der Waals surface area contributed by atoms with Crippen molar-refractivity contribution >= 4 is 29.4 Å². The Morgan fingerprint density at radius 1 is 1.22 bits per heavy atom. The first-order chi connectivity index (χ1) is 13.0. The van der Waals surface area contributed by atoms with Gasteiger partial charge in [0.1, 0.15) is 12.4 Å². The van der Waals surface area contributed by atoms with Crippen molar-refractivity contribution in [2.75, 3.05) is 6.61 Å². The zero-order valence-corrected chi connectivity index (χ0v) is 15.5. The third-order valence-electron chi connectivity index (χ3n) is 3.81. The number of hydrogen-bond acceptors (Lipinski definition) is 5. The Hall–Kier alpha value is -2.86. The molecule has 27 heavy (non-hydrogen) atoms. The van der Waals surface area contributed by atoms with Crippen LogP contribution in [-0.4, -0.2) is 18.3 Å². The summed E-state index contributed by atoms with van der Waals surface area (Å²) >= 11 is 6.38. The average Bonchev–Trinajstić information content (AvgIpc) is 2.95. The molecule has 0 spiro atoms. The van der Waals surface area contributed by atoms with Gasteiger partial charge in [-0.3, -0.25) is 0 Å². The van der Waals surface area contributed by atoms with E-state index in [1.54, 1.807) is 37.3 Å². The van der Waals surface area contributed by atoms with E-state index in [1.807, 2.05) is 6.92 Å². The zero-order chi connectivity index (χ0) is 19.4. The Morgan fingerprint density at radius 3 is 2.59 bits per heavy atom. The quantitative estimate of drug-likeness (QED) is 0.527. The van der Waals surface area contributed by atoms with Crippen molar-refractivity contribution in [3.05, 3.63) is 63.9 Å². The molecular weight excluding hydrogens is 373 g/mol. The van der Waals surface area contributed by atoms with E-state index in [2.05, 4.69) is 9.99 Å². The number of benzene rings is 2. The van der Waals surface area contributed by atoms with Crippen LogP contribution in [0.25, 0.3) is 6.08 Å². The maximum atomic E-state index is 13.0. The van der Waals surface area contributed by atoms with Crippen LogP contribution in [0.4, 0.5) is 4.39 Å². The number of nitrogens with zero attached hydrogens (tertiary/aromatic N) is 1. The van der Waals surface area contributed by atoms with Crippen molar-refractivity contribution in [3.8, 4) is 11.5 Å². The number of rotatable bonds is 6. The van der Waals surface area contributed by atoms with Crippen molar-refractivity contribution in [1.29, 1.82) is 0 Å². The second kappa shape index (κ2) is 8.22. The lowest BCUT2D eigenvalue weighted by Gasteiger charge is -2.15. The second-order valence-corrected chi connectivity index (χ2v) is 6.20. The molecule has 0 N–H and O–H groups in total. The molecule has 0 fully saturated rings. The molecule has 140 valence electrons. The van der Waals surface area contributed by atoms with Crippen LogP contribution in [-0.2, 0) is 16.2 Å². The molecular formula is C20H17ClFNO4. The van der Waals surface area contributed by atoms with Gasteiger partial charge in [0.15, 0.2) is 11.5 Å². The summed E-state index contributed by atoms with van der Waals surface area (Å²) in [5, 5.41) is 3.98. The highest BCUT2D eigenvalue weighted by Gasteiger charge is 2.22. The number of halogens is 2. The molecule has 1 heterocycles. The minimum Gasteiger partial charge on any atom is -0.490 e. The van der Waals surface area contributed by atoms with Crippen LogP contribution in [0.3, 0.4) is 0 Å². The minimum atomic E-state index is -0.516. The lowest BCUT2D eigenvalue weighted by Crippen LogP contribution is -2.03. The van der Waals surface area contributed by atoms with Gasteiger partial charge < -0.3 is 14.3 Å². The normalized spacial score (nSPS) is 14.9. The SMILES string of the molecule is CCOc1cc(/C=C2\C(=O)ON=C2C)cc(Cl)c1OCc1ccc(F)cc1. The van der Waals surface area contributed by atoms with Gasteiger partial charge in [0.25, 0.3) is 0 Å². The van der Waals surface area contributed by atoms with Gasteiger partial charge in [-0.1, -0.05) is 28.9 Å². The smallest absolute Gasteiger partial charge is 0.367 e. The van der Waals surface area contributed by atoms with E-state index in [9.17, 15) is 9.18 Å². The lowest BCUT2D eigenvalue weighted by atomic mass is 10.1. The van der Waals surface area contributed by atoms with E-state index in [1.165, 1.54) is 12.1 Å². The highest BCUT2D eigenvalue weighted by Crippen LogP contribution is 2.38. The van der Waals surface area contributed by atoms with Gasteiger partial charge in [-0.2, -0.15) is 0 Å². The second-order valence-electron chi connectivity index (χ2n) is 5.79. The summed E-state index contributed by atoms with van der Waals surface area (Å²) in [6.45, 7) is 4.14. The maximum absolute atomic E-state index is 13.0. The van der Waals surface area contributed by atoms with E-state index in [-0.39, 0.29) is 12.4 Å². The fourth-order valence-corrected chi connectivity index (χ4v) is 2.77.